The molecule has 1 atom stereocenters. The molecule has 0 spiro atoms. The van der Waals surface area contributed by atoms with Gasteiger partial charge in [-0.25, -0.2) is 4.98 Å². The van der Waals surface area contributed by atoms with Crippen LogP contribution in [0.2, 0.25) is 0 Å². The molecule has 3 amide bonds. The van der Waals surface area contributed by atoms with Gasteiger partial charge in [-0.3, -0.25) is 19.2 Å². The minimum absolute atomic E-state index is 0.0269. The summed E-state index contributed by atoms with van der Waals surface area (Å²) in [4.78, 5) is 59.5. The van der Waals surface area contributed by atoms with Crippen molar-refractivity contribution in [2.75, 3.05) is 26.2 Å². The summed E-state index contributed by atoms with van der Waals surface area (Å²) >= 11 is 0. The lowest BCUT2D eigenvalue weighted by Crippen LogP contribution is -2.56. The van der Waals surface area contributed by atoms with Crippen molar-refractivity contribution in [3.8, 4) is 11.3 Å². The van der Waals surface area contributed by atoms with Crippen molar-refractivity contribution >= 4 is 23.7 Å². The Balaban J connectivity index is 1.71. The molecule has 1 aromatic heterocycles. The van der Waals surface area contributed by atoms with E-state index in [1.807, 2.05) is 43.3 Å². The number of pyridine rings is 1. The van der Waals surface area contributed by atoms with Gasteiger partial charge in [0.2, 0.25) is 11.8 Å². The molecule has 1 saturated heterocycles. The van der Waals surface area contributed by atoms with Crippen LogP contribution in [0.5, 0.6) is 0 Å². The highest BCUT2D eigenvalue weighted by Gasteiger charge is 2.31. The van der Waals surface area contributed by atoms with Gasteiger partial charge >= 0.3 is 5.97 Å². The summed E-state index contributed by atoms with van der Waals surface area (Å²) in [6, 6.07) is 13.7. The molecule has 210 valence electrons. The number of esters is 1. The van der Waals surface area contributed by atoms with Gasteiger partial charge in [0.05, 0.1) is 5.69 Å². The maximum atomic E-state index is 13.5. The van der Waals surface area contributed by atoms with Crippen molar-refractivity contribution in [3.63, 3.8) is 0 Å². The molecule has 9 heteroatoms. The summed E-state index contributed by atoms with van der Waals surface area (Å²) in [5.74, 6) is -1.12. The first-order valence-corrected chi connectivity index (χ1v) is 13.7. The van der Waals surface area contributed by atoms with E-state index in [1.54, 1.807) is 42.7 Å². The number of nitrogens with zero attached hydrogens (tertiary/aromatic N) is 3. The Hall–Kier alpha value is -3.75. The van der Waals surface area contributed by atoms with Gasteiger partial charge in [-0.2, -0.15) is 0 Å². The number of aromatic nitrogens is 1. The molecule has 1 aliphatic heterocycles. The lowest BCUT2D eigenvalue weighted by molar-refractivity contribution is -0.155. The lowest BCUT2D eigenvalue weighted by atomic mass is 10.1. The molecule has 3 rings (SSSR count). The highest BCUT2D eigenvalue weighted by molar-refractivity contribution is 5.96. The summed E-state index contributed by atoms with van der Waals surface area (Å²) in [7, 11) is 0. The minimum Gasteiger partial charge on any atom is -0.460 e. The number of carbonyl (C=O) groups excluding carboxylic acids is 4. The monoisotopic (exact) mass is 536 g/mol. The molecule has 9 nitrogen and oxygen atoms in total. The number of hydrogen-bond donors (Lipinski definition) is 1. The molecule has 0 aliphatic carbocycles. The Morgan fingerprint density at radius 1 is 0.923 bits per heavy atom. The third-order valence-corrected chi connectivity index (χ3v) is 6.40. The van der Waals surface area contributed by atoms with Crippen LogP contribution in [0.4, 0.5) is 0 Å². The number of unbranched alkanes of at least 4 members (excludes halogenated alkanes) is 1. The number of ether oxygens (including phenoxy) is 1. The fourth-order valence-electron chi connectivity index (χ4n) is 4.36. The normalized spacial score (nSPS) is 14.5. The second kappa shape index (κ2) is 13.9. The van der Waals surface area contributed by atoms with Crippen LogP contribution in [-0.2, 0) is 19.1 Å². The van der Waals surface area contributed by atoms with E-state index in [4.69, 9.17) is 4.74 Å². The molecular formula is C30H40N4O5. The standard InChI is InChI=1S/C30H40N4O5/c1-5-6-15-26(35)33-18-20-34(21-19-33)29(38)25(16-17-27(36)39-30(2,3)4)32-28(37)24-14-10-13-23(31-24)22-11-8-7-9-12-22/h7-14,25H,5-6,15-21H2,1-4H3,(H,32,37)/t25-/m0/s1. The molecule has 1 fully saturated rings. The highest BCUT2D eigenvalue weighted by atomic mass is 16.6. The zero-order chi connectivity index (χ0) is 28.4. The third-order valence-electron chi connectivity index (χ3n) is 6.40. The van der Waals surface area contributed by atoms with Gasteiger partial charge in [0.1, 0.15) is 17.3 Å². The second-order valence-electron chi connectivity index (χ2n) is 10.7. The van der Waals surface area contributed by atoms with Crippen molar-refractivity contribution in [2.24, 2.45) is 0 Å². The second-order valence-corrected chi connectivity index (χ2v) is 10.7. The third kappa shape index (κ3) is 9.19. The summed E-state index contributed by atoms with van der Waals surface area (Å²) < 4.78 is 5.41. The van der Waals surface area contributed by atoms with Crippen molar-refractivity contribution in [1.29, 1.82) is 0 Å². The molecule has 1 N–H and O–H groups in total. The first kappa shape index (κ1) is 29.8. The average molecular weight is 537 g/mol. The van der Waals surface area contributed by atoms with Crippen LogP contribution in [0.15, 0.2) is 48.5 Å². The van der Waals surface area contributed by atoms with Gasteiger partial charge in [0.25, 0.3) is 5.91 Å². The number of nitrogens with one attached hydrogen (secondary N) is 1. The number of carbonyl (C=O) groups is 4. The van der Waals surface area contributed by atoms with Crippen molar-refractivity contribution < 1.29 is 23.9 Å². The van der Waals surface area contributed by atoms with Crippen molar-refractivity contribution in [2.45, 2.75) is 71.4 Å². The smallest absolute Gasteiger partial charge is 0.306 e. The van der Waals surface area contributed by atoms with Gasteiger partial charge in [0, 0.05) is 44.6 Å². The quantitative estimate of drug-likeness (QED) is 0.463. The molecule has 1 aliphatic rings. The lowest BCUT2D eigenvalue weighted by Gasteiger charge is -2.36. The molecule has 0 radical (unpaired) electrons. The average Bonchev–Trinajstić information content (AvgIpc) is 2.93. The largest absolute Gasteiger partial charge is 0.460 e. The topological polar surface area (TPSA) is 109 Å². The van der Waals surface area contributed by atoms with Crippen LogP contribution in [0.1, 0.15) is 70.3 Å². The Bertz CT molecular complexity index is 1140. The zero-order valence-electron chi connectivity index (χ0n) is 23.4. The molecular weight excluding hydrogens is 496 g/mol. The predicted molar refractivity (Wildman–Crippen MR) is 149 cm³/mol. The number of rotatable bonds is 10. The Morgan fingerprint density at radius 3 is 2.23 bits per heavy atom. The molecule has 2 aromatic rings. The van der Waals surface area contributed by atoms with Crippen LogP contribution < -0.4 is 5.32 Å². The van der Waals surface area contributed by atoms with E-state index in [2.05, 4.69) is 10.3 Å². The Kier molecular flexibility index (Phi) is 10.6. The Labute approximate surface area is 230 Å². The zero-order valence-corrected chi connectivity index (χ0v) is 23.4. The van der Waals surface area contributed by atoms with E-state index in [1.165, 1.54) is 0 Å². The summed E-state index contributed by atoms with van der Waals surface area (Å²) in [6.45, 7) is 9.02. The molecule has 0 unspecified atom stereocenters. The number of hydrogen-bond acceptors (Lipinski definition) is 6. The fraction of sp³-hybridized carbons (Fsp3) is 0.500. The van der Waals surface area contributed by atoms with Crippen LogP contribution in [-0.4, -0.2) is 76.3 Å². The number of amides is 3. The van der Waals surface area contributed by atoms with Gasteiger partial charge in [-0.1, -0.05) is 49.7 Å². The first-order chi connectivity index (χ1) is 18.6. The number of benzene rings is 1. The summed E-state index contributed by atoms with van der Waals surface area (Å²) in [5, 5.41) is 2.81. The van der Waals surface area contributed by atoms with Crippen molar-refractivity contribution in [1.82, 2.24) is 20.1 Å². The fourth-order valence-corrected chi connectivity index (χ4v) is 4.36. The maximum absolute atomic E-state index is 13.5. The van der Waals surface area contributed by atoms with Gasteiger partial charge < -0.3 is 19.9 Å². The van der Waals surface area contributed by atoms with Gasteiger partial charge in [-0.15, -0.1) is 0 Å². The minimum atomic E-state index is -0.936. The van der Waals surface area contributed by atoms with Gasteiger partial charge in [-0.05, 0) is 45.7 Å². The van der Waals surface area contributed by atoms with Crippen LogP contribution in [0.3, 0.4) is 0 Å². The van der Waals surface area contributed by atoms with Crippen LogP contribution >= 0.6 is 0 Å². The van der Waals surface area contributed by atoms with Gasteiger partial charge in [0.15, 0.2) is 0 Å². The molecule has 2 heterocycles. The molecule has 39 heavy (non-hydrogen) atoms. The van der Waals surface area contributed by atoms with Crippen molar-refractivity contribution in [3.05, 3.63) is 54.2 Å². The van der Waals surface area contributed by atoms with E-state index in [0.717, 1.165) is 18.4 Å². The molecule has 1 aromatic carbocycles. The van der Waals surface area contributed by atoms with E-state index >= 15 is 0 Å². The maximum Gasteiger partial charge on any atom is 0.306 e. The SMILES string of the molecule is CCCCC(=O)N1CCN(C(=O)[C@H](CCC(=O)OC(C)(C)C)NC(=O)c2cccc(-c3ccccc3)n2)CC1. The molecule has 0 bridgehead atoms. The first-order valence-electron chi connectivity index (χ1n) is 13.7. The Morgan fingerprint density at radius 2 is 1.59 bits per heavy atom. The van der Waals surface area contributed by atoms with E-state index in [0.29, 0.717) is 38.3 Å². The number of piperazine rings is 1. The van der Waals surface area contributed by atoms with E-state index in [-0.39, 0.29) is 30.3 Å². The molecule has 0 saturated carbocycles. The summed E-state index contributed by atoms with van der Waals surface area (Å²) in [6.07, 6.45) is 2.37. The highest BCUT2D eigenvalue weighted by Crippen LogP contribution is 2.17. The predicted octanol–water partition coefficient (Wildman–Crippen LogP) is 3.83. The summed E-state index contributed by atoms with van der Waals surface area (Å²) in [5.41, 5.74) is 1.04. The van der Waals surface area contributed by atoms with Crippen LogP contribution in [0, 0.1) is 0 Å². The van der Waals surface area contributed by atoms with E-state index < -0.39 is 23.5 Å². The van der Waals surface area contributed by atoms with E-state index in [9.17, 15) is 19.2 Å². The van der Waals surface area contributed by atoms with Crippen LogP contribution in [0.25, 0.3) is 11.3 Å².